The quantitative estimate of drug-likeness (QED) is 0.568. The van der Waals surface area contributed by atoms with E-state index in [-0.39, 0.29) is 5.69 Å². The van der Waals surface area contributed by atoms with E-state index >= 15 is 0 Å². The van der Waals surface area contributed by atoms with Gasteiger partial charge in [0, 0.05) is 16.6 Å². The average molecular weight is 391 g/mol. The molecule has 1 heterocycles. The summed E-state index contributed by atoms with van der Waals surface area (Å²) in [4.78, 5) is 16.5. The van der Waals surface area contributed by atoms with Crippen molar-refractivity contribution in [1.82, 2.24) is 4.98 Å². The van der Waals surface area contributed by atoms with Gasteiger partial charge in [-0.2, -0.15) is 13.2 Å². The first-order chi connectivity index (χ1) is 12.7. The van der Waals surface area contributed by atoms with Gasteiger partial charge in [-0.25, -0.2) is 9.78 Å². The van der Waals surface area contributed by atoms with Gasteiger partial charge < -0.3 is 5.32 Å². The lowest BCUT2D eigenvalue weighted by Gasteiger charge is -2.10. The summed E-state index contributed by atoms with van der Waals surface area (Å²) in [6.07, 6.45) is -4.47. The van der Waals surface area contributed by atoms with Gasteiger partial charge in [-0.15, -0.1) is 11.3 Å². The molecule has 0 radical (unpaired) electrons. The molecule has 2 aromatic carbocycles. The van der Waals surface area contributed by atoms with Crippen molar-refractivity contribution in [2.45, 2.75) is 20.0 Å². The molecule has 0 aliphatic rings. The number of carbonyl (C=O) groups excluding carboxylic acids is 1. The largest absolute Gasteiger partial charge is 0.416 e. The van der Waals surface area contributed by atoms with Crippen LogP contribution >= 0.6 is 11.3 Å². The molecule has 0 bridgehead atoms. The molecule has 140 valence electrons. The molecule has 0 aliphatic heterocycles. The van der Waals surface area contributed by atoms with Gasteiger partial charge in [0.05, 0.1) is 11.3 Å². The molecule has 2 N–H and O–H groups in total. The zero-order valence-electron chi connectivity index (χ0n) is 14.5. The van der Waals surface area contributed by atoms with Crippen molar-refractivity contribution in [3.05, 3.63) is 64.5 Å². The third-order valence-electron chi connectivity index (χ3n) is 3.84. The first-order valence-electron chi connectivity index (χ1n) is 8.01. The SMILES string of the molecule is Cc1ccc(C)c(-c2csc(NC(=O)Nc3cccc(C(F)(F)F)c3)n2)c1. The Kier molecular flexibility index (Phi) is 5.18. The number of amides is 2. The van der Waals surface area contributed by atoms with Gasteiger partial charge in [0.2, 0.25) is 0 Å². The van der Waals surface area contributed by atoms with Crippen molar-refractivity contribution in [2.24, 2.45) is 0 Å². The first-order valence-corrected chi connectivity index (χ1v) is 8.89. The van der Waals surface area contributed by atoms with E-state index in [9.17, 15) is 18.0 Å². The Morgan fingerprint density at radius 3 is 2.59 bits per heavy atom. The molecule has 0 saturated carbocycles. The van der Waals surface area contributed by atoms with E-state index in [1.165, 1.54) is 23.5 Å². The van der Waals surface area contributed by atoms with Gasteiger partial charge in [0.1, 0.15) is 0 Å². The van der Waals surface area contributed by atoms with E-state index in [0.717, 1.165) is 34.5 Å². The number of thiazole rings is 1. The van der Waals surface area contributed by atoms with Crippen molar-refractivity contribution in [3.63, 3.8) is 0 Å². The van der Waals surface area contributed by atoms with Crippen LogP contribution in [0.15, 0.2) is 47.8 Å². The number of aryl methyl sites for hydroxylation is 2. The number of hydrogen-bond acceptors (Lipinski definition) is 3. The fraction of sp³-hybridized carbons (Fsp3) is 0.158. The standard InChI is InChI=1S/C19H16F3N3OS/c1-11-6-7-12(2)15(8-11)16-10-27-18(24-16)25-17(26)23-14-5-3-4-13(9-14)19(20,21)22/h3-10H,1-2H3,(H2,23,24,25,26). The second-order valence-corrected chi connectivity index (χ2v) is 6.87. The van der Waals surface area contributed by atoms with Crippen LogP contribution in [-0.2, 0) is 6.18 Å². The Labute approximate surface area is 158 Å². The highest BCUT2D eigenvalue weighted by atomic mass is 32.1. The zero-order chi connectivity index (χ0) is 19.6. The highest BCUT2D eigenvalue weighted by molar-refractivity contribution is 7.14. The minimum Gasteiger partial charge on any atom is -0.308 e. The van der Waals surface area contributed by atoms with Gasteiger partial charge in [0.25, 0.3) is 0 Å². The molecule has 3 aromatic rings. The summed E-state index contributed by atoms with van der Waals surface area (Å²) in [7, 11) is 0. The number of halogens is 3. The smallest absolute Gasteiger partial charge is 0.308 e. The molecule has 0 unspecified atom stereocenters. The predicted molar refractivity (Wildman–Crippen MR) is 101 cm³/mol. The van der Waals surface area contributed by atoms with E-state index in [4.69, 9.17) is 0 Å². The minimum absolute atomic E-state index is 0.0497. The highest BCUT2D eigenvalue weighted by Gasteiger charge is 2.30. The van der Waals surface area contributed by atoms with Crippen LogP contribution in [0.4, 0.5) is 28.8 Å². The van der Waals surface area contributed by atoms with E-state index in [1.54, 1.807) is 0 Å². The second-order valence-electron chi connectivity index (χ2n) is 6.01. The number of alkyl halides is 3. The first kappa shape index (κ1) is 18.9. The van der Waals surface area contributed by atoms with Crippen LogP contribution < -0.4 is 10.6 Å². The summed E-state index contributed by atoms with van der Waals surface area (Å²) in [6.45, 7) is 3.96. The molecular weight excluding hydrogens is 375 g/mol. The summed E-state index contributed by atoms with van der Waals surface area (Å²) in [5.74, 6) is 0. The predicted octanol–water partition coefficient (Wildman–Crippen LogP) is 6.09. The highest BCUT2D eigenvalue weighted by Crippen LogP contribution is 2.31. The van der Waals surface area contributed by atoms with Crippen LogP contribution in [0.5, 0.6) is 0 Å². The monoisotopic (exact) mass is 391 g/mol. The number of hydrogen-bond donors (Lipinski definition) is 2. The third-order valence-corrected chi connectivity index (χ3v) is 4.60. The molecule has 2 amide bonds. The van der Waals surface area contributed by atoms with Crippen molar-refractivity contribution in [3.8, 4) is 11.3 Å². The van der Waals surface area contributed by atoms with Crippen molar-refractivity contribution < 1.29 is 18.0 Å². The second kappa shape index (κ2) is 7.40. The molecule has 4 nitrogen and oxygen atoms in total. The summed E-state index contributed by atoms with van der Waals surface area (Å²) in [6, 6.07) is 9.81. The molecule has 8 heteroatoms. The Bertz CT molecular complexity index is 982. The van der Waals surface area contributed by atoms with Gasteiger partial charge in [-0.3, -0.25) is 5.32 Å². The third kappa shape index (κ3) is 4.65. The number of urea groups is 1. The summed E-state index contributed by atoms with van der Waals surface area (Å²) in [5, 5.41) is 7.12. The van der Waals surface area contributed by atoms with E-state index in [2.05, 4.69) is 15.6 Å². The van der Waals surface area contributed by atoms with Gasteiger partial charge in [-0.05, 0) is 43.7 Å². The number of nitrogens with one attached hydrogen (secondary N) is 2. The van der Waals surface area contributed by atoms with Crippen LogP contribution in [0.25, 0.3) is 11.3 Å². The molecule has 3 rings (SSSR count). The zero-order valence-corrected chi connectivity index (χ0v) is 15.3. The molecule has 1 aromatic heterocycles. The lowest BCUT2D eigenvalue weighted by atomic mass is 10.0. The normalized spacial score (nSPS) is 11.3. The summed E-state index contributed by atoms with van der Waals surface area (Å²) in [5.41, 5.74) is 3.08. The van der Waals surface area contributed by atoms with Crippen LogP contribution in [0, 0.1) is 13.8 Å². The number of benzene rings is 2. The lowest BCUT2D eigenvalue weighted by molar-refractivity contribution is -0.137. The molecule has 27 heavy (non-hydrogen) atoms. The van der Waals surface area contributed by atoms with Crippen molar-refractivity contribution >= 4 is 28.2 Å². The maximum absolute atomic E-state index is 12.7. The number of anilines is 2. The Balaban J connectivity index is 1.71. The summed E-state index contributed by atoms with van der Waals surface area (Å²) >= 11 is 1.24. The van der Waals surface area contributed by atoms with Gasteiger partial charge in [-0.1, -0.05) is 23.8 Å². The molecule has 0 saturated heterocycles. The molecule has 0 aliphatic carbocycles. The Morgan fingerprint density at radius 1 is 1.07 bits per heavy atom. The molecule has 0 fully saturated rings. The summed E-state index contributed by atoms with van der Waals surface area (Å²) < 4.78 is 38.2. The van der Waals surface area contributed by atoms with E-state index in [0.29, 0.717) is 5.13 Å². The van der Waals surface area contributed by atoms with Crippen LogP contribution in [0.1, 0.15) is 16.7 Å². The number of aromatic nitrogens is 1. The molecular formula is C19H16F3N3OS. The van der Waals surface area contributed by atoms with Crippen molar-refractivity contribution in [2.75, 3.05) is 10.6 Å². The minimum atomic E-state index is -4.47. The fourth-order valence-corrected chi connectivity index (χ4v) is 3.21. The topological polar surface area (TPSA) is 54.0 Å². The van der Waals surface area contributed by atoms with E-state index < -0.39 is 17.8 Å². The number of rotatable bonds is 3. The maximum Gasteiger partial charge on any atom is 0.416 e. The molecule has 0 atom stereocenters. The van der Waals surface area contributed by atoms with E-state index in [1.807, 2.05) is 37.4 Å². The van der Waals surface area contributed by atoms with Crippen molar-refractivity contribution in [1.29, 1.82) is 0 Å². The van der Waals surface area contributed by atoms with Crippen LogP contribution in [-0.4, -0.2) is 11.0 Å². The van der Waals surface area contributed by atoms with Crippen LogP contribution in [0.3, 0.4) is 0 Å². The lowest BCUT2D eigenvalue weighted by Crippen LogP contribution is -2.19. The number of carbonyl (C=O) groups is 1. The fourth-order valence-electron chi connectivity index (χ4n) is 2.50. The molecule has 0 spiro atoms. The van der Waals surface area contributed by atoms with Gasteiger partial charge >= 0.3 is 12.2 Å². The average Bonchev–Trinajstić information content (AvgIpc) is 3.04. The number of nitrogens with zero attached hydrogens (tertiary/aromatic N) is 1. The Morgan fingerprint density at radius 2 is 1.85 bits per heavy atom. The van der Waals surface area contributed by atoms with Crippen LogP contribution in [0.2, 0.25) is 0 Å². The van der Waals surface area contributed by atoms with Gasteiger partial charge in [0.15, 0.2) is 5.13 Å². The maximum atomic E-state index is 12.7. The Hall–Kier alpha value is -2.87.